The number of aryl methyl sites for hydroxylation is 2. The first-order chi connectivity index (χ1) is 15.6. The van der Waals surface area contributed by atoms with Crippen molar-refractivity contribution in [2.75, 3.05) is 0 Å². The molecule has 3 aromatic carbocycles. The van der Waals surface area contributed by atoms with Crippen molar-refractivity contribution in [1.82, 2.24) is 0 Å². The molecule has 0 radical (unpaired) electrons. The summed E-state index contributed by atoms with van der Waals surface area (Å²) in [6.07, 6.45) is -4.95. The van der Waals surface area contributed by atoms with Gasteiger partial charge in [0.25, 0.3) is 5.76 Å². The minimum atomic E-state index is -4.95. The van der Waals surface area contributed by atoms with Crippen LogP contribution < -0.4 is 14.9 Å². The lowest BCUT2D eigenvalue weighted by Crippen LogP contribution is -2.15. The molecule has 0 N–H and O–H groups in total. The highest BCUT2D eigenvalue weighted by molar-refractivity contribution is 6.30. The lowest BCUT2D eigenvalue weighted by atomic mass is 10.1. The van der Waals surface area contributed by atoms with Crippen LogP contribution in [0.15, 0.2) is 69.9 Å². The minimum absolute atomic E-state index is 0.0570. The largest absolute Gasteiger partial charge is 0.489 e. The molecule has 1 heterocycles. The lowest BCUT2D eigenvalue weighted by Gasteiger charge is -2.15. The summed E-state index contributed by atoms with van der Waals surface area (Å²) in [5, 5.41) is 0.477. The molecule has 4 nitrogen and oxygen atoms in total. The molecule has 0 unspecified atom stereocenters. The van der Waals surface area contributed by atoms with Crippen molar-refractivity contribution in [2.45, 2.75) is 26.6 Å². The summed E-state index contributed by atoms with van der Waals surface area (Å²) < 4.78 is 57.6. The van der Waals surface area contributed by atoms with E-state index in [1.165, 1.54) is 18.2 Å². The average Bonchev–Trinajstić information content (AvgIpc) is 2.75. The molecule has 1 aromatic heterocycles. The van der Waals surface area contributed by atoms with Crippen LogP contribution in [0.4, 0.5) is 13.2 Å². The molecule has 0 aliphatic rings. The van der Waals surface area contributed by atoms with E-state index in [0.717, 1.165) is 11.1 Å². The highest BCUT2D eigenvalue weighted by atomic mass is 35.5. The highest BCUT2D eigenvalue weighted by Gasteiger charge is 2.40. The first kappa shape index (κ1) is 22.7. The van der Waals surface area contributed by atoms with Crippen LogP contribution in [0.3, 0.4) is 0 Å². The predicted molar refractivity (Wildman–Crippen MR) is 119 cm³/mol. The Morgan fingerprint density at radius 3 is 2.52 bits per heavy atom. The van der Waals surface area contributed by atoms with Gasteiger partial charge in [-0.1, -0.05) is 35.9 Å². The molecule has 0 atom stereocenters. The average molecular weight is 475 g/mol. The topological polar surface area (TPSA) is 48.7 Å². The van der Waals surface area contributed by atoms with E-state index in [0.29, 0.717) is 10.6 Å². The van der Waals surface area contributed by atoms with Crippen LogP contribution in [0.25, 0.3) is 11.0 Å². The standard InChI is InChI=1S/C25H18ClF3O4/c1-14-6-7-15(2)20(10-14)32-23-22(30)19-9-8-18(12-21(19)33-24(23)25(27,28)29)31-13-16-4-3-5-17(26)11-16/h3-12H,13H2,1-2H3. The third-order valence-electron chi connectivity index (χ3n) is 4.93. The van der Waals surface area contributed by atoms with Gasteiger partial charge in [0.1, 0.15) is 23.7 Å². The quantitative estimate of drug-likeness (QED) is 0.301. The summed E-state index contributed by atoms with van der Waals surface area (Å²) >= 11 is 5.95. The predicted octanol–water partition coefficient (Wildman–Crippen LogP) is 7.45. The maximum Gasteiger partial charge on any atom is 0.453 e. The van der Waals surface area contributed by atoms with Gasteiger partial charge in [-0.3, -0.25) is 4.79 Å². The molecular formula is C25H18ClF3O4. The molecule has 4 rings (SSSR count). The zero-order valence-electron chi connectivity index (χ0n) is 17.6. The second-order valence-corrected chi connectivity index (χ2v) is 7.97. The van der Waals surface area contributed by atoms with Crippen LogP contribution in [-0.2, 0) is 12.8 Å². The van der Waals surface area contributed by atoms with Gasteiger partial charge < -0.3 is 13.9 Å². The van der Waals surface area contributed by atoms with E-state index < -0.39 is 23.1 Å². The Hall–Kier alpha value is -3.45. The molecule has 0 aliphatic carbocycles. The Bertz CT molecular complexity index is 1390. The van der Waals surface area contributed by atoms with Gasteiger partial charge in [-0.05, 0) is 60.9 Å². The fraction of sp³-hybridized carbons (Fsp3) is 0.160. The maximum absolute atomic E-state index is 13.8. The molecule has 4 aromatic rings. The highest BCUT2D eigenvalue weighted by Crippen LogP contribution is 2.39. The Balaban J connectivity index is 1.75. The molecule has 0 spiro atoms. The molecule has 0 fully saturated rings. The van der Waals surface area contributed by atoms with Crippen LogP contribution in [0.2, 0.25) is 5.02 Å². The van der Waals surface area contributed by atoms with Gasteiger partial charge in [0, 0.05) is 11.1 Å². The number of hydrogen-bond acceptors (Lipinski definition) is 4. The molecule has 0 saturated carbocycles. The molecule has 33 heavy (non-hydrogen) atoms. The van der Waals surface area contributed by atoms with Crippen molar-refractivity contribution in [3.05, 3.63) is 98.4 Å². The van der Waals surface area contributed by atoms with Crippen molar-refractivity contribution < 1.29 is 27.1 Å². The number of halogens is 4. The van der Waals surface area contributed by atoms with Gasteiger partial charge in [-0.25, -0.2) is 0 Å². The zero-order valence-corrected chi connectivity index (χ0v) is 18.4. The van der Waals surface area contributed by atoms with Crippen molar-refractivity contribution in [1.29, 1.82) is 0 Å². The number of alkyl halides is 3. The fourth-order valence-electron chi connectivity index (χ4n) is 3.25. The number of rotatable bonds is 5. The van der Waals surface area contributed by atoms with Crippen molar-refractivity contribution >= 4 is 22.6 Å². The first-order valence-corrected chi connectivity index (χ1v) is 10.3. The number of ether oxygens (including phenoxy) is 2. The van der Waals surface area contributed by atoms with E-state index >= 15 is 0 Å². The van der Waals surface area contributed by atoms with Crippen molar-refractivity contribution in [3.8, 4) is 17.2 Å². The zero-order chi connectivity index (χ0) is 23.8. The van der Waals surface area contributed by atoms with Crippen LogP contribution in [0.1, 0.15) is 22.5 Å². The van der Waals surface area contributed by atoms with Crippen LogP contribution in [0, 0.1) is 13.8 Å². The van der Waals surface area contributed by atoms with Crippen LogP contribution >= 0.6 is 11.6 Å². The first-order valence-electron chi connectivity index (χ1n) is 9.92. The molecule has 0 bridgehead atoms. The fourth-order valence-corrected chi connectivity index (χ4v) is 3.46. The molecule has 8 heteroatoms. The number of hydrogen-bond donors (Lipinski definition) is 0. The Morgan fingerprint density at radius 2 is 1.79 bits per heavy atom. The van der Waals surface area contributed by atoms with E-state index in [1.807, 2.05) is 0 Å². The third kappa shape index (κ3) is 4.98. The maximum atomic E-state index is 13.8. The van der Waals surface area contributed by atoms with Gasteiger partial charge in [0.05, 0.1) is 5.39 Å². The van der Waals surface area contributed by atoms with Gasteiger partial charge >= 0.3 is 6.18 Å². The summed E-state index contributed by atoms with van der Waals surface area (Å²) in [6, 6.07) is 16.1. The molecular weight excluding hydrogens is 457 g/mol. The number of benzene rings is 3. The van der Waals surface area contributed by atoms with Crippen LogP contribution in [0.5, 0.6) is 17.2 Å². The van der Waals surface area contributed by atoms with Gasteiger partial charge in [-0.2, -0.15) is 13.2 Å². The van der Waals surface area contributed by atoms with Crippen molar-refractivity contribution in [3.63, 3.8) is 0 Å². The Labute approximate surface area is 192 Å². The molecule has 0 amide bonds. The molecule has 0 aliphatic heterocycles. The van der Waals surface area contributed by atoms with Crippen molar-refractivity contribution in [2.24, 2.45) is 0 Å². The van der Waals surface area contributed by atoms with E-state index in [1.54, 1.807) is 56.3 Å². The normalized spacial score (nSPS) is 11.6. The summed E-state index contributed by atoms with van der Waals surface area (Å²) in [5.74, 6) is -2.03. The van der Waals surface area contributed by atoms with Gasteiger partial charge in [0.2, 0.25) is 11.2 Å². The Morgan fingerprint density at radius 1 is 1.00 bits per heavy atom. The van der Waals surface area contributed by atoms with Crippen LogP contribution in [-0.4, -0.2) is 0 Å². The Kier molecular flexibility index (Phi) is 6.08. The van der Waals surface area contributed by atoms with E-state index in [9.17, 15) is 18.0 Å². The molecule has 0 saturated heterocycles. The van der Waals surface area contributed by atoms with Gasteiger partial charge in [-0.15, -0.1) is 0 Å². The minimum Gasteiger partial charge on any atom is -0.489 e. The number of fused-ring (bicyclic) bond motifs is 1. The second-order valence-electron chi connectivity index (χ2n) is 7.53. The lowest BCUT2D eigenvalue weighted by molar-refractivity contribution is -0.154. The summed E-state index contributed by atoms with van der Waals surface area (Å²) in [6.45, 7) is 3.58. The van der Waals surface area contributed by atoms with E-state index in [4.69, 9.17) is 25.5 Å². The molecule has 170 valence electrons. The smallest absolute Gasteiger partial charge is 0.453 e. The second kappa shape index (κ2) is 8.83. The SMILES string of the molecule is Cc1ccc(C)c(Oc2c(C(F)(F)F)oc3cc(OCc4cccc(Cl)c4)ccc3c2=O)c1. The van der Waals surface area contributed by atoms with Gasteiger partial charge in [0.15, 0.2) is 0 Å². The summed E-state index contributed by atoms with van der Waals surface area (Å²) in [5.41, 5.74) is 0.946. The summed E-state index contributed by atoms with van der Waals surface area (Å²) in [7, 11) is 0. The van der Waals surface area contributed by atoms with E-state index in [-0.39, 0.29) is 29.1 Å². The monoisotopic (exact) mass is 474 g/mol. The van der Waals surface area contributed by atoms with E-state index in [2.05, 4.69) is 0 Å². The summed E-state index contributed by atoms with van der Waals surface area (Å²) in [4.78, 5) is 13.0. The third-order valence-corrected chi connectivity index (χ3v) is 5.16.